The van der Waals surface area contributed by atoms with Crippen LogP contribution in [0.2, 0.25) is 0 Å². The standard InChI is InChI=1S/C31H34N2O/c1-25(2)29(34)30(26-12-6-3-7-13-26)18-21-33(22-19-30)23-20-31(24-32,27-14-8-4-9-15-27)28-16-10-5-11-17-28/h3-17,25H,18-23H2,1-2H3. The van der Waals surface area contributed by atoms with Crippen molar-refractivity contribution in [1.29, 1.82) is 5.26 Å². The van der Waals surface area contributed by atoms with E-state index >= 15 is 0 Å². The summed E-state index contributed by atoms with van der Waals surface area (Å²) in [6.07, 6.45) is 2.36. The number of Topliss-reactive ketones (excluding diaryl/α,β-unsaturated/α-hetero) is 1. The molecule has 1 fully saturated rings. The van der Waals surface area contributed by atoms with Gasteiger partial charge in [-0.2, -0.15) is 5.26 Å². The Balaban J connectivity index is 1.55. The summed E-state index contributed by atoms with van der Waals surface area (Å²) < 4.78 is 0. The van der Waals surface area contributed by atoms with Crippen molar-refractivity contribution < 1.29 is 4.79 Å². The van der Waals surface area contributed by atoms with Crippen LogP contribution in [0.25, 0.3) is 0 Å². The van der Waals surface area contributed by atoms with Gasteiger partial charge in [0.15, 0.2) is 0 Å². The second-order valence-electron chi connectivity index (χ2n) is 9.81. The van der Waals surface area contributed by atoms with E-state index in [4.69, 9.17) is 0 Å². The molecule has 3 aromatic carbocycles. The molecule has 4 rings (SSSR count). The number of hydrogen-bond acceptors (Lipinski definition) is 3. The number of carbonyl (C=O) groups excluding carboxylic acids is 1. The number of piperidine rings is 1. The Labute approximate surface area is 204 Å². The van der Waals surface area contributed by atoms with Gasteiger partial charge in [-0.25, -0.2) is 0 Å². The zero-order chi connectivity index (χ0) is 24.0. The summed E-state index contributed by atoms with van der Waals surface area (Å²) in [5.41, 5.74) is 2.12. The zero-order valence-electron chi connectivity index (χ0n) is 20.3. The molecule has 0 saturated carbocycles. The molecule has 34 heavy (non-hydrogen) atoms. The highest BCUT2D eigenvalue weighted by atomic mass is 16.1. The topological polar surface area (TPSA) is 44.1 Å². The monoisotopic (exact) mass is 450 g/mol. The molecule has 3 aromatic rings. The van der Waals surface area contributed by atoms with Crippen molar-refractivity contribution in [3.05, 3.63) is 108 Å². The molecule has 0 amide bonds. The van der Waals surface area contributed by atoms with Gasteiger partial charge in [-0.15, -0.1) is 0 Å². The lowest BCUT2D eigenvalue weighted by Gasteiger charge is -2.43. The van der Waals surface area contributed by atoms with E-state index in [2.05, 4.69) is 47.4 Å². The summed E-state index contributed by atoms with van der Waals surface area (Å²) in [5.74, 6) is 0.354. The van der Waals surface area contributed by atoms with Gasteiger partial charge in [-0.3, -0.25) is 4.79 Å². The van der Waals surface area contributed by atoms with Crippen molar-refractivity contribution in [3.63, 3.8) is 0 Å². The largest absolute Gasteiger partial charge is 0.303 e. The van der Waals surface area contributed by atoms with E-state index in [9.17, 15) is 10.1 Å². The first-order valence-electron chi connectivity index (χ1n) is 12.4. The number of ketones is 1. The van der Waals surface area contributed by atoms with Gasteiger partial charge in [0.2, 0.25) is 0 Å². The van der Waals surface area contributed by atoms with Crippen molar-refractivity contribution in [2.75, 3.05) is 19.6 Å². The molecule has 0 atom stereocenters. The highest BCUT2D eigenvalue weighted by molar-refractivity contribution is 5.91. The normalized spacial score (nSPS) is 16.2. The molecule has 0 aliphatic carbocycles. The van der Waals surface area contributed by atoms with E-state index < -0.39 is 10.8 Å². The predicted molar refractivity (Wildman–Crippen MR) is 138 cm³/mol. The number of likely N-dealkylation sites (tertiary alicyclic amines) is 1. The van der Waals surface area contributed by atoms with Crippen LogP contribution in [0.15, 0.2) is 91.0 Å². The van der Waals surface area contributed by atoms with Crippen LogP contribution in [0.3, 0.4) is 0 Å². The van der Waals surface area contributed by atoms with Gasteiger partial charge in [0.1, 0.15) is 11.2 Å². The molecule has 0 spiro atoms. The summed E-state index contributed by atoms with van der Waals surface area (Å²) in [5, 5.41) is 10.5. The van der Waals surface area contributed by atoms with Crippen LogP contribution < -0.4 is 0 Å². The summed E-state index contributed by atoms with van der Waals surface area (Å²) in [4.78, 5) is 15.8. The molecule has 0 bridgehead atoms. The molecule has 0 unspecified atom stereocenters. The van der Waals surface area contributed by atoms with Gasteiger partial charge in [-0.1, -0.05) is 105 Å². The van der Waals surface area contributed by atoms with Crippen LogP contribution >= 0.6 is 0 Å². The van der Waals surface area contributed by atoms with Gasteiger partial charge >= 0.3 is 0 Å². The molecular formula is C31H34N2O. The second-order valence-corrected chi connectivity index (χ2v) is 9.81. The van der Waals surface area contributed by atoms with E-state index in [-0.39, 0.29) is 5.92 Å². The fourth-order valence-electron chi connectivity index (χ4n) is 5.56. The van der Waals surface area contributed by atoms with E-state index in [1.54, 1.807) is 0 Å². The van der Waals surface area contributed by atoms with E-state index in [0.717, 1.165) is 49.2 Å². The summed E-state index contributed by atoms with van der Waals surface area (Å²) >= 11 is 0. The highest BCUT2D eigenvalue weighted by Gasteiger charge is 2.44. The molecule has 1 saturated heterocycles. The molecule has 0 aromatic heterocycles. The molecule has 174 valence electrons. The fourth-order valence-corrected chi connectivity index (χ4v) is 5.56. The van der Waals surface area contributed by atoms with Gasteiger partial charge in [-0.05, 0) is 49.0 Å². The van der Waals surface area contributed by atoms with Crippen LogP contribution in [0.5, 0.6) is 0 Å². The van der Waals surface area contributed by atoms with Crippen molar-refractivity contribution in [2.45, 2.75) is 43.9 Å². The first-order chi connectivity index (χ1) is 16.5. The number of nitriles is 1. The highest BCUT2D eigenvalue weighted by Crippen LogP contribution is 2.40. The maximum Gasteiger partial charge on any atom is 0.146 e. The second kappa shape index (κ2) is 10.4. The van der Waals surface area contributed by atoms with Crippen LogP contribution in [0.4, 0.5) is 0 Å². The van der Waals surface area contributed by atoms with Crippen LogP contribution in [-0.4, -0.2) is 30.3 Å². The van der Waals surface area contributed by atoms with Crippen molar-refractivity contribution in [1.82, 2.24) is 4.90 Å². The Morgan fingerprint density at radius 1 is 0.882 bits per heavy atom. The Bertz CT molecular complexity index is 1070. The first-order valence-corrected chi connectivity index (χ1v) is 12.4. The fraction of sp³-hybridized carbons (Fsp3) is 0.355. The summed E-state index contributed by atoms with van der Waals surface area (Å²) in [6.45, 7) is 6.57. The smallest absolute Gasteiger partial charge is 0.146 e. The number of nitrogens with zero attached hydrogens (tertiary/aromatic N) is 2. The van der Waals surface area contributed by atoms with Crippen LogP contribution in [0.1, 0.15) is 49.8 Å². The number of benzene rings is 3. The Morgan fingerprint density at radius 2 is 1.35 bits per heavy atom. The van der Waals surface area contributed by atoms with Crippen LogP contribution in [0, 0.1) is 17.2 Å². The zero-order valence-corrected chi connectivity index (χ0v) is 20.3. The van der Waals surface area contributed by atoms with E-state index in [1.165, 1.54) is 0 Å². The molecule has 1 aliphatic heterocycles. The number of rotatable bonds is 8. The number of hydrogen-bond donors (Lipinski definition) is 0. The lowest BCUT2D eigenvalue weighted by atomic mass is 9.67. The Morgan fingerprint density at radius 3 is 1.79 bits per heavy atom. The first kappa shape index (κ1) is 23.9. The van der Waals surface area contributed by atoms with Gasteiger partial charge in [0.25, 0.3) is 0 Å². The molecule has 1 aliphatic rings. The SMILES string of the molecule is CC(C)C(=O)C1(c2ccccc2)CCN(CCC(C#N)(c2ccccc2)c2ccccc2)CC1. The van der Waals surface area contributed by atoms with Gasteiger partial charge < -0.3 is 4.90 Å². The molecule has 1 heterocycles. The predicted octanol–water partition coefficient (Wildman–Crippen LogP) is 6.15. The Kier molecular flexibility index (Phi) is 7.29. The van der Waals surface area contributed by atoms with Crippen molar-refractivity contribution >= 4 is 5.78 Å². The minimum atomic E-state index is -0.690. The minimum Gasteiger partial charge on any atom is -0.303 e. The third-order valence-corrected chi connectivity index (χ3v) is 7.56. The number of carbonyl (C=O) groups is 1. The molecule has 3 heteroatoms. The van der Waals surface area contributed by atoms with Gasteiger partial charge in [0.05, 0.1) is 11.5 Å². The van der Waals surface area contributed by atoms with Crippen molar-refractivity contribution in [2.24, 2.45) is 5.92 Å². The average molecular weight is 451 g/mol. The van der Waals surface area contributed by atoms with Gasteiger partial charge in [0, 0.05) is 12.5 Å². The summed E-state index contributed by atoms with van der Waals surface area (Å²) in [7, 11) is 0. The third kappa shape index (κ3) is 4.56. The molecule has 0 N–H and O–H groups in total. The quantitative estimate of drug-likeness (QED) is 0.414. The third-order valence-electron chi connectivity index (χ3n) is 7.56. The van der Waals surface area contributed by atoms with Crippen molar-refractivity contribution in [3.8, 4) is 6.07 Å². The maximum absolute atomic E-state index is 13.4. The van der Waals surface area contributed by atoms with Crippen LogP contribution in [-0.2, 0) is 15.6 Å². The molecule has 0 radical (unpaired) electrons. The molecular weight excluding hydrogens is 416 g/mol. The summed E-state index contributed by atoms with van der Waals surface area (Å²) in [6, 6.07) is 33.3. The lowest BCUT2D eigenvalue weighted by Crippen LogP contribution is -2.49. The minimum absolute atomic E-state index is 0.00848. The average Bonchev–Trinajstić information content (AvgIpc) is 2.91. The van der Waals surface area contributed by atoms with E-state index in [0.29, 0.717) is 12.2 Å². The molecule has 3 nitrogen and oxygen atoms in total. The lowest BCUT2D eigenvalue weighted by molar-refractivity contribution is -0.129. The Hall–Kier alpha value is -3.22. The maximum atomic E-state index is 13.4. The van der Waals surface area contributed by atoms with E-state index in [1.807, 2.05) is 68.4 Å².